The van der Waals surface area contributed by atoms with E-state index in [4.69, 9.17) is 9.05 Å². The highest BCUT2D eigenvalue weighted by Gasteiger charge is 2.14. The summed E-state index contributed by atoms with van der Waals surface area (Å²) in [5.74, 6) is 1.58. The molecule has 0 bridgehead atoms. The van der Waals surface area contributed by atoms with Crippen LogP contribution in [0.4, 0.5) is 0 Å². The Morgan fingerprint density at radius 1 is 0.552 bits per heavy atom. The van der Waals surface area contributed by atoms with Gasteiger partial charge in [-0.25, -0.2) is 0 Å². The number of para-hydroxylation sites is 2. The summed E-state index contributed by atoms with van der Waals surface area (Å²) >= 11 is 0. The minimum Gasteiger partial charge on any atom is -0.447 e. The van der Waals surface area contributed by atoms with Gasteiger partial charge in [0.25, 0.3) is 8.30 Å². The van der Waals surface area contributed by atoms with Gasteiger partial charge in [-0.3, -0.25) is 0 Å². The Balaban J connectivity index is 1.55. The Morgan fingerprint density at radius 2 is 1.07 bits per heavy atom. The van der Waals surface area contributed by atoms with Gasteiger partial charge in [0.1, 0.15) is 11.5 Å². The van der Waals surface area contributed by atoms with Crippen molar-refractivity contribution in [3.8, 4) is 22.6 Å². The largest absolute Gasteiger partial charge is 0.447 e. The summed E-state index contributed by atoms with van der Waals surface area (Å²) in [6, 6.07) is 38.1. The van der Waals surface area contributed by atoms with Gasteiger partial charge >= 0.3 is 0 Å². The van der Waals surface area contributed by atoms with Crippen molar-refractivity contribution in [2.24, 2.45) is 4.52 Å². The van der Waals surface area contributed by atoms with Crippen LogP contribution in [0.25, 0.3) is 11.1 Å². The average Bonchev–Trinajstić information content (AvgIpc) is 2.81. The molecule has 1 unspecified atom stereocenters. The quantitative estimate of drug-likeness (QED) is 0.293. The third kappa shape index (κ3) is 5.51. The second-order valence-corrected chi connectivity index (χ2v) is 8.47. The molecule has 0 fully saturated rings. The molecule has 3 nitrogen and oxygen atoms in total. The van der Waals surface area contributed by atoms with E-state index in [-0.39, 0.29) is 0 Å². The Morgan fingerprint density at radius 3 is 1.69 bits per heavy atom. The van der Waals surface area contributed by atoms with Crippen LogP contribution in [0.3, 0.4) is 0 Å². The molecule has 0 aromatic heterocycles. The Labute approximate surface area is 173 Å². The van der Waals surface area contributed by atoms with Gasteiger partial charge in [-0.2, -0.15) is 4.52 Å². The summed E-state index contributed by atoms with van der Waals surface area (Å²) in [7, 11) is -0.710. The highest BCUT2D eigenvalue weighted by molar-refractivity contribution is 7.63. The summed E-state index contributed by atoms with van der Waals surface area (Å²) in [5, 5.41) is 1.03. The van der Waals surface area contributed by atoms with E-state index in [1.807, 2.05) is 78.9 Å². The average molecular weight is 415 g/mol. The van der Waals surface area contributed by atoms with Gasteiger partial charge < -0.3 is 9.05 Å². The van der Waals surface area contributed by atoms with E-state index in [0.717, 1.165) is 16.8 Å². The molecule has 0 amide bonds. The first-order chi connectivity index (χ1) is 14.4. The Kier molecular flexibility index (Phi) is 6.65. The fraction of sp³-hybridized carbons (Fsp3) is 0. The molecule has 5 heteroatoms. The van der Waals surface area contributed by atoms with Gasteiger partial charge in [-0.1, -0.05) is 78.9 Å². The van der Waals surface area contributed by atoms with Gasteiger partial charge in [-0.05, 0) is 47.5 Å². The van der Waals surface area contributed by atoms with Crippen molar-refractivity contribution in [2.75, 3.05) is 0 Å². The molecule has 4 rings (SSSR count). The van der Waals surface area contributed by atoms with Gasteiger partial charge in [0.05, 0.1) is 0 Å². The smallest absolute Gasteiger partial charge is 0.251 e. The van der Waals surface area contributed by atoms with E-state index in [1.165, 1.54) is 11.1 Å². The first-order valence-electron chi connectivity index (χ1n) is 9.20. The van der Waals surface area contributed by atoms with E-state index in [2.05, 4.69) is 40.9 Å². The third-order valence-corrected chi connectivity index (χ3v) is 6.50. The van der Waals surface area contributed by atoms with Crippen LogP contribution in [0.15, 0.2) is 120 Å². The maximum atomic E-state index is 6.20. The molecule has 0 radical (unpaired) electrons. The number of benzene rings is 4. The molecule has 4 aromatic rings. The van der Waals surface area contributed by atoms with E-state index >= 15 is 0 Å². The van der Waals surface area contributed by atoms with Crippen LogP contribution in [0, 0.1) is 0 Å². The fourth-order valence-corrected chi connectivity index (χ4v) is 4.71. The molecule has 29 heavy (non-hydrogen) atoms. The molecule has 0 saturated carbocycles. The highest BCUT2D eigenvalue weighted by Crippen LogP contribution is 2.42. The van der Waals surface area contributed by atoms with Crippen LogP contribution < -0.4 is 14.4 Å². The van der Waals surface area contributed by atoms with E-state index < -0.39 is 8.30 Å². The minimum atomic E-state index is -1.22. The normalized spacial score (nSPS) is 11.9. The zero-order valence-electron chi connectivity index (χ0n) is 15.6. The summed E-state index contributed by atoms with van der Waals surface area (Å²) in [5.41, 5.74) is 2.36. The molecule has 0 aliphatic carbocycles. The summed E-state index contributed by atoms with van der Waals surface area (Å²) in [6.45, 7) is 0. The van der Waals surface area contributed by atoms with Crippen LogP contribution in [0.5, 0.6) is 11.5 Å². The lowest BCUT2D eigenvalue weighted by atomic mass is 10.1. The topological polar surface area (TPSA) is 30.8 Å². The molecular formula is C24H19NO2P2. The number of rotatable bonds is 7. The first kappa shape index (κ1) is 19.3. The third-order valence-electron chi connectivity index (χ3n) is 4.14. The van der Waals surface area contributed by atoms with Crippen molar-refractivity contribution in [1.29, 1.82) is 0 Å². The summed E-state index contributed by atoms with van der Waals surface area (Å²) < 4.78 is 16.6. The molecule has 0 aliphatic heterocycles. The van der Waals surface area contributed by atoms with Gasteiger partial charge in [-0.15, -0.1) is 0 Å². The van der Waals surface area contributed by atoms with E-state index in [0.29, 0.717) is 8.60 Å². The second-order valence-electron chi connectivity index (χ2n) is 6.17. The number of hydrogen-bond acceptors (Lipinski definition) is 3. The van der Waals surface area contributed by atoms with Crippen molar-refractivity contribution in [3.05, 3.63) is 115 Å². The second kappa shape index (κ2) is 9.98. The molecular weight excluding hydrogens is 396 g/mol. The maximum Gasteiger partial charge on any atom is 0.251 e. The van der Waals surface area contributed by atoms with Crippen LogP contribution in [-0.4, -0.2) is 0 Å². The zero-order chi connectivity index (χ0) is 19.7. The molecule has 0 N–H and O–H groups in total. The fourth-order valence-electron chi connectivity index (χ4n) is 2.70. The summed E-state index contributed by atoms with van der Waals surface area (Å²) in [4.78, 5) is 0. The minimum absolute atomic E-state index is 0.512. The highest BCUT2D eigenvalue weighted by atomic mass is 31.2. The van der Waals surface area contributed by atoms with Gasteiger partial charge in [0.15, 0.2) is 0 Å². The van der Waals surface area contributed by atoms with Crippen LogP contribution >= 0.6 is 16.9 Å². The monoisotopic (exact) mass is 415 g/mol. The van der Waals surface area contributed by atoms with Crippen molar-refractivity contribution < 1.29 is 9.05 Å². The lowest BCUT2D eigenvalue weighted by Crippen LogP contribution is -2.03. The molecule has 1 atom stereocenters. The van der Waals surface area contributed by atoms with E-state index in [9.17, 15) is 0 Å². The van der Waals surface area contributed by atoms with Crippen molar-refractivity contribution in [3.63, 3.8) is 0 Å². The standard InChI is InChI=1S/C24H19NO2P2/c1-4-10-20(11-5-1)21-16-18-24(19-17-21)29(27-23-14-8-3-9-15-23)25-28-26-22-12-6-2-7-13-22/h1-19H. The summed E-state index contributed by atoms with van der Waals surface area (Å²) in [6.07, 6.45) is 0. The molecule has 0 spiro atoms. The van der Waals surface area contributed by atoms with Crippen LogP contribution in [0.2, 0.25) is 0 Å². The first-order valence-corrected chi connectivity index (χ1v) is 11.2. The molecule has 4 aromatic carbocycles. The molecule has 0 saturated heterocycles. The molecule has 0 heterocycles. The van der Waals surface area contributed by atoms with Gasteiger partial charge in [0.2, 0.25) is 8.60 Å². The Bertz CT molecular complexity index is 1040. The maximum absolute atomic E-state index is 6.20. The van der Waals surface area contributed by atoms with Crippen molar-refractivity contribution >= 4 is 22.2 Å². The van der Waals surface area contributed by atoms with Crippen molar-refractivity contribution in [1.82, 2.24) is 0 Å². The lowest BCUT2D eigenvalue weighted by Gasteiger charge is -2.14. The van der Waals surface area contributed by atoms with Crippen LogP contribution in [-0.2, 0) is 0 Å². The van der Waals surface area contributed by atoms with Gasteiger partial charge in [0, 0.05) is 5.30 Å². The SMILES string of the molecule is c1ccc(OP=NP(Oc2ccccc2)c2ccc(-c3ccccc3)cc2)cc1. The Hall–Kier alpha value is -2.99. The van der Waals surface area contributed by atoms with Crippen LogP contribution in [0.1, 0.15) is 0 Å². The molecule has 0 aliphatic rings. The number of hydrogen-bond donors (Lipinski definition) is 0. The molecule has 142 valence electrons. The van der Waals surface area contributed by atoms with Crippen molar-refractivity contribution in [2.45, 2.75) is 0 Å². The number of nitrogens with zero attached hydrogens (tertiary/aromatic N) is 1. The lowest BCUT2D eigenvalue weighted by molar-refractivity contribution is 0.619. The predicted octanol–water partition coefficient (Wildman–Crippen LogP) is 7.49. The zero-order valence-corrected chi connectivity index (χ0v) is 17.4. The van der Waals surface area contributed by atoms with E-state index in [1.54, 1.807) is 0 Å². The predicted molar refractivity (Wildman–Crippen MR) is 122 cm³/mol.